The summed E-state index contributed by atoms with van der Waals surface area (Å²) in [5, 5.41) is 2.72. The molecular weight excluding hydrogens is 342 g/mol. The highest BCUT2D eigenvalue weighted by Crippen LogP contribution is 2.17. The van der Waals surface area contributed by atoms with Gasteiger partial charge in [-0.2, -0.15) is 11.8 Å². The number of carbonyl (C=O) groups excluding carboxylic acids is 2. The normalized spacial score (nSPS) is 11.8. The first-order chi connectivity index (χ1) is 9.49. The minimum Gasteiger partial charge on any atom is -0.467 e. The minimum absolute atomic E-state index is 0.267. The minimum atomic E-state index is -0.607. The monoisotopic (exact) mass is 359 g/mol. The number of hydrogen-bond acceptors (Lipinski definition) is 4. The maximum atomic E-state index is 12.2. The molecule has 0 saturated carbocycles. The van der Waals surface area contributed by atoms with Crippen LogP contribution < -0.4 is 5.32 Å². The number of ether oxygens (including phenoxy) is 1. The molecule has 1 amide bonds. The number of halogens is 1. The van der Waals surface area contributed by atoms with E-state index in [-0.39, 0.29) is 5.91 Å². The average molecular weight is 360 g/mol. The van der Waals surface area contributed by atoms with Gasteiger partial charge in [-0.25, -0.2) is 4.79 Å². The molecule has 0 aromatic heterocycles. The molecule has 0 fully saturated rings. The molecule has 0 aliphatic heterocycles. The lowest BCUT2D eigenvalue weighted by Gasteiger charge is -2.16. The van der Waals surface area contributed by atoms with Crippen LogP contribution in [0, 0.1) is 6.92 Å². The van der Waals surface area contributed by atoms with Crippen molar-refractivity contribution < 1.29 is 14.3 Å². The summed E-state index contributed by atoms with van der Waals surface area (Å²) in [6.07, 6.45) is 2.50. The zero-order valence-corrected chi connectivity index (χ0v) is 14.1. The average Bonchev–Trinajstić information content (AvgIpc) is 2.45. The van der Waals surface area contributed by atoms with Crippen molar-refractivity contribution >= 4 is 39.6 Å². The van der Waals surface area contributed by atoms with Gasteiger partial charge in [0.05, 0.1) is 7.11 Å². The number of nitrogens with one attached hydrogen (secondary N) is 1. The van der Waals surface area contributed by atoms with Gasteiger partial charge in [0.25, 0.3) is 5.91 Å². The Morgan fingerprint density at radius 2 is 2.15 bits per heavy atom. The van der Waals surface area contributed by atoms with E-state index in [4.69, 9.17) is 4.74 Å². The molecule has 0 spiro atoms. The second-order valence-corrected chi connectivity index (χ2v) is 6.13. The number of methoxy groups -OCH3 is 1. The number of carbonyl (C=O) groups is 2. The second kappa shape index (κ2) is 8.32. The van der Waals surface area contributed by atoms with Gasteiger partial charge in [0.15, 0.2) is 0 Å². The van der Waals surface area contributed by atoms with Crippen LogP contribution >= 0.6 is 27.7 Å². The van der Waals surface area contributed by atoms with Crippen molar-refractivity contribution in [3.8, 4) is 0 Å². The molecular formula is C14H18BrNO3S. The molecule has 6 heteroatoms. The highest BCUT2D eigenvalue weighted by Gasteiger charge is 2.21. The van der Waals surface area contributed by atoms with Crippen molar-refractivity contribution in [3.63, 3.8) is 0 Å². The van der Waals surface area contributed by atoms with E-state index in [1.165, 1.54) is 7.11 Å². The lowest BCUT2D eigenvalue weighted by atomic mass is 10.1. The Kier molecular flexibility index (Phi) is 7.09. The van der Waals surface area contributed by atoms with Crippen LogP contribution in [0.25, 0.3) is 0 Å². The summed E-state index contributed by atoms with van der Waals surface area (Å²) >= 11 is 5.01. The molecule has 0 aliphatic rings. The van der Waals surface area contributed by atoms with Crippen molar-refractivity contribution in [3.05, 3.63) is 33.8 Å². The number of thioether (sulfide) groups is 1. The Hall–Kier alpha value is -1.01. The van der Waals surface area contributed by atoms with Gasteiger partial charge in [0.2, 0.25) is 0 Å². The molecule has 0 heterocycles. The summed E-state index contributed by atoms with van der Waals surface area (Å²) in [5.74, 6) is 0.0951. The fourth-order valence-electron chi connectivity index (χ4n) is 1.65. The van der Waals surface area contributed by atoms with Gasteiger partial charge >= 0.3 is 5.97 Å². The molecule has 1 unspecified atom stereocenters. The SMILES string of the molecule is COC(=O)C(CCSC)NC(=O)c1ccc(Br)c(C)c1. The third kappa shape index (κ3) is 4.83. The lowest BCUT2D eigenvalue weighted by molar-refractivity contribution is -0.142. The van der Waals surface area contributed by atoms with E-state index in [2.05, 4.69) is 21.2 Å². The quantitative estimate of drug-likeness (QED) is 0.793. The molecule has 0 bridgehead atoms. The summed E-state index contributed by atoms with van der Waals surface area (Å²) in [4.78, 5) is 23.8. The summed E-state index contributed by atoms with van der Waals surface area (Å²) in [7, 11) is 1.32. The largest absolute Gasteiger partial charge is 0.467 e. The van der Waals surface area contributed by atoms with Crippen LogP contribution in [-0.2, 0) is 9.53 Å². The fraction of sp³-hybridized carbons (Fsp3) is 0.429. The van der Waals surface area contributed by atoms with Crippen molar-refractivity contribution in [1.29, 1.82) is 0 Å². The van der Waals surface area contributed by atoms with E-state index >= 15 is 0 Å². The Balaban J connectivity index is 2.78. The van der Waals surface area contributed by atoms with Crippen LogP contribution in [0.1, 0.15) is 22.3 Å². The van der Waals surface area contributed by atoms with Crippen molar-refractivity contribution in [1.82, 2.24) is 5.32 Å². The van der Waals surface area contributed by atoms with E-state index in [1.807, 2.05) is 19.2 Å². The van der Waals surface area contributed by atoms with Gasteiger partial charge in [-0.3, -0.25) is 4.79 Å². The number of rotatable bonds is 6. The molecule has 0 saturated heterocycles. The molecule has 0 radical (unpaired) electrons. The van der Waals surface area contributed by atoms with Crippen LogP contribution in [-0.4, -0.2) is 37.0 Å². The van der Waals surface area contributed by atoms with Crippen LogP contribution in [0.15, 0.2) is 22.7 Å². The molecule has 0 aliphatic carbocycles. The zero-order valence-electron chi connectivity index (χ0n) is 11.7. The first-order valence-corrected chi connectivity index (χ1v) is 8.32. The molecule has 20 heavy (non-hydrogen) atoms. The summed E-state index contributed by atoms with van der Waals surface area (Å²) in [6, 6.07) is 4.71. The standard InChI is InChI=1S/C14H18BrNO3S/c1-9-8-10(4-5-11(9)15)13(17)16-12(6-7-20-3)14(18)19-2/h4-5,8,12H,6-7H2,1-3H3,(H,16,17). The number of hydrogen-bond donors (Lipinski definition) is 1. The maximum Gasteiger partial charge on any atom is 0.328 e. The fourth-order valence-corrected chi connectivity index (χ4v) is 2.37. The molecule has 1 rings (SSSR count). The van der Waals surface area contributed by atoms with E-state index < -0.39 is 12.0 Å². The number of amides is 1. The van der Waals surface area contributed by atoms with E-state index in [1.54, 1.807) is 23.9 Å². The van der Waals surface area contributed by atoms with Gasteiger partial charge in [-0.15, -0.1) is 0 Å². The van der Waals surface area contributed by atoms with Gasteiger partial charge < -0.3 is 10.1 Å². The topological polar surface area (TPSA) is 55.4 Å². The lowest BCUT2D eigenvalue weighted by Crippen LogP contribution is -2.41. The molecule has 1 atom stereocenters. The molecule has 110 valence electrons. The Morgan fingerprint density at radius 3 is 2.70 bits per heavy atom. The van der Waals surface area contributed by atoms with E-state index in [0.717, 1.165) is 15.8 Å². The first-order valence-electron chi connectivity index (χ1n) is 6.13. The van der Waals surface area contributed by atoms with Crippen LogP contribution in [0.4, 0.5) is 0 Å². The predicted molar refractivity (Wildman–Crippen MR) is 85.1 cm³/mol. The van der Waals surface area contributed by atoms with E-state index in [0.29, 0.717) is 12.0 Å². The highest BCUT2D eigenvalue weighted by molar-refractivity contribution is 9.10. The zero-order chi connectivity index (χ0) is 15.1. The van der Waals surface area contributed by atoms with E-state index in [9.17, 15) is 9.59 Å². The Morgan fingerprint density at radius 1 is 1.45 bits per heavy atom. The van der Waals surface area contributed by atoms with Crippen LogP contribution in [0.2, 0.25) is 0 Å². The smallest absolute Gasteiger partial charge is 0.328 e. The highest BCUT2D eigenvalue weighted by atomic mass is 79.9. The molecule has 1 N–H and O–H groups in total. The van der Waals surface area contributed by atoms with Gasteiger partial charge in [0, 0.05) is 10.0 Å². The predicted octanol–water partition coefficient (Wildman–Crippen LogP) is 2.78. The van der Waals surface area contributed by atoms with Crippen molar-refractivity contribution in [2.45, 2.75) is 19.4 Å². The van der Waals surface area contributed by atoms with Gasteiger partial charge in [-0.1, -0.05) is 15.9 Å². The maximum absolute atomic E-state index is 12.2. The third-order valence-electron chi connectivity index (χ3n) is 2.82. The van der Waals surface area contributed by atoms with Crippen LogP contribution in [0.3, 0.4) is 0 Å². The first kappa shape index (κ1) is 17.0. The second-order valence-electron chi connectivity index (χ2n) is 4.29. The van der Waals surface area contributed by atoms with Crippen LogP contribution in [0.5, 0.6) is 0 Å². The van der Waals surface area contributed by atoms with Gasteiger partial charge in [0.1, 0.15) is 6.04 Å². The van der Waals surface area contributed by atoms with Gasteiger partial charge in [-0.05, 0) is 49.1 Å². The third-order valence-corrected chi connectivity index (χ3v) is 4.36. The molecule has 4 nitrogen and oxygen atoms in total. The Labute approximate surface area is 131 Å². The van der Waals surface area contributed by atoms with Crippen molar-refractivity contribution in [2.75, 3.05) is 19.1 Å². The summed E-state index contributed by atoms with van der Waals surface area (Å²) in [5.41, 5.74) is 1.50. The number of esters is 1. The summed E-state index contributed by atoms with van der Waals surface area (Å²) in [6.45, 7) is 1.91. The number of benzene rings is 1. The Bertz CT molecular complexity index is 493. The number of aryl methyl sites for hydroxylation is 1. The molecule has 1 aromatic rings. The van der Waals surface area contributed by atoms with Crippen molar-refractivity contribution in [2.24, 2.45) is 0 Å². The molecule has 1 aromatic carbocycles. The summed E-state index contributed by atoms with van der Waals surface area (Å²) < 4.78 is 5.66.